The number of carbonyl (C=O) groups excluding carboxylic acids is 2. The molecule has 0 N–H and O–H groups in total. The van der Waals surface area contributed by atoms with E-state index in [1.165, 1.54) is 25.7 Å². The predicted molar refractivity (Wildman–Crippen MR) is 76.8 cm³/mol. The van der Waals surface area contributed by atoms with Crippen LogP contribution in [0.3, 0.4) is 0 Å². The van der Waals surface area contributed by atoms with Gasteiger partial charge in [0.2, 0.25) is 0 Å². The first-order valence-electron chi connectivity index (χ1n) is 7.94. The lowest BCUT2D eigenvalue weighted by Gasteiger charge is -2.22. The molecular weight excluding hydrogens is 236 g/mol. The van der Waals surface area contributed by atoms with Gasteiger partial charge in [-0.2, -0.15) is 0 Å². The lowest BCUT2D eigenvalue weighted by atomic mass is 9.80. The van der Waals surface area contributed by atoms with Crippen LogP contribution in [-0.2, 0) is 9.59 Å². The zero-order valence-electron chi connectivity index (χ0n) is 12.0. The van der Waals surface area contributed by atoms with E-state index in [2.05, 4.69) is 19.1 Å². The second kappa shape index (κ2) is 7.02. The Bertz CT molecular complexity index is 345. The fourth-order valence-electron chi connectivity index (χ4n) is 3.75. The molecule has 0 heterocycles. The Morgan fingerprint density at radius 1 is 1.11 bits per heavy atom. The number of hydrogen-bond acceptors (Lipinski definition) is 2. The van der Waals surface area contributed by atoms with E-state index in [0.717, 1.165) is 25.5 Å². The number of allylic oxidation sites excluding steroid dienone is 2. The Labute approximate surface area is 116 Å². The van der Waals surface area contributed by atoms with Crippen LogP contribution in [0.1, 0.15) is 58.3 Å². The van der Waals surface area contributed by atoms with Crippen molar-refractivity contribution in [1.29, 1.82) is 0 Å². The SMILES string of the molecule is CCCCCCCCC(=O)[C@H]1[C@@H](C=O)[C@H]2C=C[C@@H]1C2. The van der Waals surface area contributed by atoms with E-state index < -0.39 is 0 Å². The largest absolute Gasteiger partial charge is 0.303 e. The molecule has 4 atom stereocenters. The zero-order valence-corrected chi connectivity index (χ0v) is 12.0. The van der Waals surface area contributed by atoms with Crippen LogP contribution in [0.2, 0.25) is 0 Å². The van der Waals surface area contributed by atoms with Crippen LogP contribution < -0.4 is 0 Å². The van der Waals surface area contributed by atoms with Crippen molar-refractivity contribution >= 4 is 12.1 Å². The minimum Gasteiger partial charge on any atom is -0.303 e. The molecule has 0 spiro atoms. The second-order valence-corrected chi connectivity index (χ2v) is 6.17. The molecule has 2 aliphatic rings. The maximum absolute atomic E-state index is 12.3. The minimum atomic E-state index is -0.0254. The summed E-state index contributed by atoms with van der Waals surface area (Å²) in [6.45, 7) is 2.21. The molecule has 2 heteroatoms. The van der Waals surface area contributed by atoms with Crippen LogP contribution in [0.4, 0.5) is 0 Å². The predicted octanol–water partition coefficient (Wildman–Crippen LogP) is 3.94. The highest BCUT2D eigenvalue weighted by Gasteiger charge is 2.47. The van der Waals surface area contributed by atoms with Gasteiger partial charge in [-0.15, -0.1) is 0 Å². The summed E-state index contributed by atoms with van der Waals surface area (Å²) in [5.74, 6) is 1.02. The molecule has 19 heavy (non-hydrogen) atoms. The molecule has 0 radical (unpaired) electrons. The van der Waals surface area contributed by atoms with Crippen molar-refractivity contribution in [1.82, 2.24) is 0 Å². The van der Waals surface area contributed by atoms with Crippen LogP contribution in [0, 0.1) is 23.7 Å². The van der Waals surface area contributed by atoms with Gasteiger partial charge in [-0.1, -0.05) is 51.2 Å². The molecule has 0 aromatic heterocycles. The van der Waals surface area contributed by atoms with Crippen LogP contribution in [-0.4, -0.2) is 12.1 Å². The number of hydrogen-bond donors (Lipinski definition) is 0. The van der Waals surface area contributed by atoms with E-state index in [1.54, 1.807) is 0 Å². The normalized spacial score (nSPS) is 31.8. The van der Waals surface area contributed by atoms with Crippen molar-refractivity contribution in [3.8, 4) is 0 Å². The average Bonchev–Trinajstić information content (AvgIpc) is 3.02. The minimum absolute atomic E-state index is 0.00291. The van der Waals surface area contributed by atoms with Crippen LogP contribution >= 0.6 is 0 Å². The number of carbonyl (C=O) groups is 2. The van der Waals surface area contributed by atoms with Crippen molar-refractivity contribution in [2.24, 2.45) is 23.7 Å². The summed E-state index contributed by atoms with van der Waals surface area (Å²) < 4.78 is 0. The topological polar surface area (TPSA) is 34.1 Å². The fourth-order valence-corrected chi connectivity index (χ4v) is 3.75. The van der Waals surface area contributed by atoms with Crippen molar-refractivity contribution in [3.05, 3.63) is 12.2 Å². The zero-order chi connectivity index (χ0) is 13.7. The van der Waals surface area contributed by atoms with Gasteiger partial charge in [0, 0.05) is 18.3 Å². The second-order valence-electron chi connectivity index (χ2n) is 6.17. The van der Waals surface area contributed by atoms with E-state index in [4.69, 9.17) is 0 Å². The maximum atomic E-state index is 12.3. The summed E-state index contributed by atoms with van der Waals surface area (Å²) in [6.07, 6.45) is 14.3. The fraction of sp³-hybridized carbons (Fsp3) is 0.765. The number of aldehydes is 1. The summed E-state index contributed by atoms with van der Waals surface area (Å²) in [5, 5.41) is 0. The third-order valence-electron chi connectivity index (χ3n) is 4.83. The molecule has 0 aromatic carbocycles. The molecule has 0 unspecified atom stereocenters. The number of Topliss-reactive ketones (excluding diaryl/α,β-unsaturated/α-hetero) is 1. The highest BCUT2D eigenvalue weighted by atomic mass is 16.1. The maximum Gasteiger partial charge on any atom is 0.137 e. The summed E-state index contributed by atoms with van der Waals surface area (Å²) in [5.41, 5.74) is 0. The third kappa shape index (κ3) is 3.34. The first-order chi connectivity index (χ1) is 9.27. The lowest BCUT2D eigenvalue weighted by Crippen LogP contribution is -2.28. The van der Waals surface area contributed by atoms with Gasteiger partial charge < -0.3 is 4.79 Å². The van der Waals surface area contributed by atoms with Crippen LogP contribution in [0.25, 0.3) is 0 Å². The summed E-state index contributed by atoms with van der Waals surface area (Å²) >= 11 is 0. The molecule has 0 aliphatic heterocycles. The lowest BCUT2D eigenvalue weighted by molar-refractivity contribution is -0.128. The number of unbranched alkanes of at least 4 members (excludes halogenated alkanes) is 5. The Kier molecular flexibility index (Phi) is 5.35. The Morgan fingerprint density at radius 2 is 1.79 bits per heavy atom. The number of ketones is 1. The Morgan fingerprint density at radius 3 is 2.53 bits per heavy atom. The molecule has 2 nitrogen and oxygen atoms in total. The molecule has 2 bridgehead atoms. The third-order valence-corrected chi connectivity index (χ3v) is 4.83. The standard InChI is InChI=1S/C17H26O2/c1-2-3-4-5-6-7-8-16(19)17-14-10-9-13(11-14)15(17)12-18/h9-10,12-15,17H,2-8,11H2,1H3/t13-,14+,15-,17+/m0/s1. The van der Waals surface area contributed by atoms with Gasteiger partial charge in [0.15, 0.2) is 0 Å². The molecule has 2 aliphatic carbocycles. The first kappa shape index (κ1) is 14.5. The van der Waals surface area contributed by atoms with E-state index >= 15 is 0 Å². The van der Waals surface area contributed by atoms with E-state index in [9.17, 15) is 9.59 Å². The average molecular weight is 262 g/mol. The summed E-state index contributed by atoms with van der Waals surface area (Å²) in [6, 6.07) is 0. The van der Waals surface area contributed by atoms with Crippen molar-refractivity contribution in [2.75, 3.05) is 0 Å². The highest BCUT2D eigenvalue weighted by molar-refractivity contribution is 5.85. The summed E-state index contributed by atoms with van der Waals surface area (Å²) in [4.78, 5) is 23.5. The van der Waals surface area contributed by atoms with Crippen molar-refractivity contribution in [2.45, 2.75) is 58.3 Å². The van der Waals surface area contributed by atoms with Gasteiger partial charge >= 0.3 is 0 Å². The highest BCUT2D eigenvalue weighted by Crippen LogP contribution is 2.47. The molecule has 106 valence electrons. The molecule has 0 saturated heterocycles. The molecule has 1 fully saturated rings. The Balaban J connectivity index is 1.71. The first-order valence-corrected chi connectivity index (χ1v) is 7.94. The van der Waals surface area contributed by atoms with E-state index in [-0.39, 0.29) is 11.8 Å². The molecule has 2 rings (SSSR count). The molecular formula is C17H26O2. The summed E-state index contributed by atoms with van der Waals surface area (Å²) in [7, 11) is 0. The van der Waals surface area contributed by atoms with Crippen LogP contribution in [0.15, 0.2) is 12.2 Å². The van der Waals surface area contributed by atoms with Gasteiger partial charge in [0.1, 0.15) is 12.1 Å². The van der Waals surface area contributed by atoms with Gasteiger partial charge in [-0.25, -0.2) is 0 Å². The number of rotatable bonds is 9. The van der Waals surface area contributed by atoms with Gasteiger partial charge in [0.05, 0.1) is 0 Å². The quantitative estimate of drug-likeness (QED) is 0.358. The van der Waals surface area contributed by atoms with E-state index in [0.29, 0.717) is 24.0 Å². The van der Waals surface area contributed by atoms with E-state index in [1.807, 2.05) is 0 Å². The molecule has 1 saturated carbocycles. The van der Waals surface area contributed by atoms with Gasteiger partial charge in [0.25, 0.3) is 0 Å². The van der Waals surface area contributed by atoms with Crippen molar-refractivity contribution in [3.63, 3.8) is 0 Å². The smallest absolute Gasteiger partial charge is 0.137 e. The van der Waals surface area contributed by atoms with Crippen molar-refractivity contribution < 1.29 is 9.59 Å². The van der Waals surface area contributed by atoms with Crippen LogP contribution in [0.5, 0.6) is 0 Å². The number of fused-ring (bicyclic) bond motifs is 2. The van der Waals surface area contributed by atoms with Gasteiger partial charge in [-0.05, 0) is 24.7 Å². The molecule has 0 aromatic rings. The monoisotopic (exact) mass is 262 g/mol. The Hall–Kier alpha value is -0.920. The molecule has 0 amide bonds. The van der Waals surface area contributed by atoms with Gasteiger partial charge in [-0.3, -0.25) is 4.79 Å².